The molecule has 2 nitrogen and oxygen atoms in total. The maximum atomic E-state index is 5.42. The molecule has 10 heavy (non-hydrogen) atoms. The standard InChI is InChI=1S/C8H18O2/c1-5-6-7(2)10-8(3)9-4/h7-8H,5-6H2,1-4H3. The van der Waals surface area contributed by atoms with Gasteiger partial charge in [-0.25, -0.2) is 0 Å². The molecular weight excluding hydrogens is 128 g/mol. The lowest BCUT2D eigenvalue weighted by atomic mass is 10.2. The van der Waals surface area contributed by atoms with Gasteiger partial charge in [-0.3, -0.25) is 0 Å². The second-order valence-electron chi connectivity index (χ2n) is 2.54. The largest absolute Gasteiger partial charge is 0.356 e. The summed E-state index contributed by atoms with van der Waals surface area (Å²) in [7, 11) is 1.66. The summed E-state index contributed by atoms with van der Waals surface area (Å²) in [6.45, 7) is 6.13. The second-order valence-corrected chi connectivity index (χ2v) is 2.54. The maximum absolute atomic E-state index is 5.42. The molecule has 0 spiro atoms. The highest BCUT2D eigenvalue weighted by Gasteiger charge is 2.04. The summed E-state index contributed by atoms with van der Waals surface area (Å²) in [6, 6.07) is 0. The van der Waals surface area contributed by atoms with Gasteiger partial charge in [0.15, 0.2) is 6.29 Å². The Balaban J connectivity index is 3.27. The first-order chi connectivity index (χ1) is 4.70. The average Bonchev–Trinajstić information content (AvgIpc) is 1.88. The summed E-state index contributed by atoms with van der Waals surface area (Å²) in [5.41, 5.74) is 0. The van der Waals surface area contributed by atoms with E-state index in [4.69, 9.17) is 9.47 Å². The molecule has 0 saturated carbocycles. The quantitative estimate of drug-likeness (QED) is 0.553. The Labute approximate surface area is 63.5 Å². The molecule has 2 heteroatoms. The Bertz CT molecular complexity index is 73.7. The van der Waals surface area contributed by atoms with E-state index in [2.05, 4.69) is 13.8 Å². The maximum Gasteiger partial charge on any atom is 0.154 e. The predicted octanol–water partition coefficient (Wildman–Crippen LogP) is 2.18. The molecule has 0 aliphatic rings. The minimum absolute atomic E-state index is 0.0680. The lowest BCUT2D eigenvalue weighted by Crippen LogP contribution is -2.18. The van der Waals surface area contributed by atoms with Crippen molar-refractivity contribution >= 4 is 0 Å². The number of rotatable bonds is 5. The van der Waals surface area contributed by atoms with Crippen LogP contribution in [0.5, 0.6) is 0 Å². The van der Waals surface area contributed by atoms with E-state index in [1.54, 1.807) is 7.11 Å². The highest BCUT2D eigenvalue weighted by atomic mass is 16.7. The van der Waals surface area contributed by atoms with E-state index in [0.29, 0.717) is 6.10 Å². The average molecular weight is 146 g/mol. The first kappa shape index (κ1) is 9.92. The van der Waals surface area contributed by atoms with Crippen LogP contribution in [0.15, 0.2) is 0 Å². The minimum atomic E-state index is -0.0680. The van der Waals surface area contributed by atoms with Gasteiger partial charge in [0.1, 0.15) is 0 Å². The molecule has 2 atom stereocenters. The molecule has 62 valence electrons. The first-order valence-electron chi connectivity index (χ1n) is 3.89. The Kier molecular flexibility index (Phi) is 5.64. The third kappa shape index (κ3) is 4.77. The van der Waals surface area contributed by atoms with Crippen LogP contribution in [0.4, 0.5) is 0 Å². The van der Waals surface area contributed by atoms with Gasteiger partial charge in [-0.2, -0.15) is 0 Å². The van der Waals surface area contributed by atoms with Gasteiger partial charge in [0, 0.05) is 7.11 Å². The van der Waals surface area contributed by atoms with E-state index in [9.17, 15) is 0 Å². The summed E-state index contributed by atoms with van der Waals surface area (Å²) >= 11 is 0. The molecule has 0 amide bonds. The van der Waals surface area contributed by atoms with Crippen molar-refractivity contribution in [1.82, 2.24) is 0 Å². The highest BCUT2D eigenvalue weighted by molar-refractivity contribution is 4.47. The number of methoxy groups -OCH3 is 1. The summed E-state index contributed by atoms with van der Waals surface area (Å²) in [4.78, 5) is 0. The zero-order chi connectivity index (χ0) is 7.98. The molecule has 0 N–H and O–H groups in total. The Hall–Kier alpha value is -0.0800. The van der Waals surface area contributed by atoms with Crippen molar-refractivity contribution in [2.75, 3.05) is 7.11 Å². The minimum Gasteiger partial charge on any atom is -0.356 e. The lowest BCUT2D eigenvalue weighted by molar-refractivity contribution is -0.140. The van der Waals surface area contributed by atoms with Gasteiger partial charge in [-0.05, 0) is 20.3 Å². The molecule has 0 radical (unpaired) electrons. The van der Waals surface area contributed by atoms with Crippen molar-refractivity contribution in [3.05, 3.63) is 0 Å². The number of hydrogen-bond donors (Lipinski definition) is 0. The van der Waals surface area contributed by atoms with E-state index in [0.717, 1.165) is 12.8 Å². The van der Waals surface area contributed by atoms with Crippen molar-refractivity contribution in [3.63, 3.8) is 0 Å². The fourth-order valence-electron chi connectivity index (χ4n) is 0.857. The molecule has 0 aromatic carbocycles. The molecule has 0 bridgehead atoms. The monoisotopic (exact) mass is 146 g/mol. The lowest BCUT2D eigenvalue weighted by Gasteiger charge is -2.16. The zero-order valence-corrected chi connectivity index (χ0v) is 7.39. The zero-order valence-electron chi connectivity index (χ0n) is 7.39. The smallest absolute Gasteiger partial charge is 0.154 e. The number of hydrogen-bond acceptors (Lipinski definition) is 2. The van der Waals surface area contributed by atoms with Crippen LogP contribution in [-0.4, -0.2) is 19.5 Å². The van der Waals surface area contributed by atoms with E-state index in [-0.39, 0.29) is 6.29 Å². The third-order valence-corrected chi connectivity index (χ3v) is 1.45. The summed E-state index contributed by atoms with van der Waals surface area (Å²) < 4.78 is 10.4. The first-order valence-corrected chi connectivity index (χ1v) is 3.89. The SMILES string of the molecule is CCCC(C)OC(C)OC. The molecule has 2 unspecified atom stereocenters. The molecule has 0 fully saturated rings. The van der Waals surface area contributed by atoms with Crippen LogP contribution in [0.2, 0.25) is 0 Å². The second kappa shape index (κ2) is 5.69. The molecule has 0 aliphatic carbocycles. The highest BCUT2D eigenvalue weighted by Crippen LogP contribution is 2.04. The van der Waals surface area contributed by atoms with Crippen LogP contribution in [0.1, 0.15) is 33.6 Å². The van der Waals surface area contributed by atoms with Crippen molar-refractivity contribution in [2.45, 2.75) is 46.0 Å². The molecule has 0 rings (SSSR count). The molecule has 0 aliphatic heterocycles. The van der Waals surface area contributed by atoms with Crippen LogP contribution < -0.4 is 0 Å². The van der Waals surface area contributed by atoms with Crippen molar-refractivity contribution in [3.8, 4) is 0 Å². The van der Waals surface area contributed by atoms with Crippen LogP contribution in [-0.2, 0) is 9.47 Å². The molecule has 0 aromatic heterocycles. The topological polar surface area (TPSA) is 18.5 Å². The Morgan fingerprint density at radius 1 is 1.30 bits per heavy atom. The van der Waals surface area contributed by atoms with Gasteiger partial charge >= 0.3 is 0 Å². The van der Waals surface area contributed by atoms with Crippen molar-refractivity contribution in [1.29, 1.82) is 0 Å². The van der Waals surface area contributed by atoms with Gasteiger partial charge in [0.2, 0.25) is 0 Å². The van der Waals surface area contributed by atoms with Gasteiger partial charge < -0.3 is 9.47 Å². The third-order valence-electron chi connectivity index (χ3n) is 1.45. The van der Waals surface area contributed by atoms with Crippen molar-refractivity contribution < 1.29 is 9.47 Å². The molecule has 0 heterocycles. The van der Waals surface area contributed by atoms with Crippen LogP contribution in [0, 0.1) is 0 Å². The number of ether oxygens (including phenoxy) is 2. The summed E-state index contributed by atoms with van der Waals surface area (Å²) in [5.74, 6) is 0. The van der Waals surface area contributed by atoms with Crippen molar-refractivity contribution in [2.24, 2.45) is 0 Å². The normalized spacial score (nSPS) is 16.8. The van der Waals surface area contributed by atoms with E-state index < -0.39 is 0 Å². The molecule has 0 aromatic rings. The Morgan fingerprint density at radius 2 is 1.90 bits per heavy atom. The van der Waals surface area contributed by atoms with E-state index in [1.165, 1.54) is 0 Å². The van der Waals surface area contributed by atoms with Gasteiger partial charge in [-0.1, -0.05) is 13.3 Å². The van der Waals surface area contributed by atoms with E-state index in [1.807, 2.05) is 6.92 Å². The van der Waals surface area contributed by atoms with Crippen LogP contribution >= 0.6 is 0 Å². The van der Waals surface area contributed by atoms with Gasteiger partial charge in [-0.15, -0.1) is 0 Å². The van der Waals surface area contributed by atoms with Crippen LogP contribution in [0.3, 0.4) is 0 Å². The molecular formula is C8H18O2. The molecule has 0 saturated heterocycles. The van der Waals surface area contributed by atoms with E-state index >= 15 is 0 Å². The summed E-state index contributed by atoms with van der Waals surface area (Å²) in [6.07, 6.45) is 2.52. The predicted molar refractivity (Wildman–Crippen MR) is 41.9 cm³/mol. The Morgan fingerprint density at radius 3 is 2.30 bits per heavy atom. The fraction of sp³-hybridized carbons (Fsp3) is 1.00. The van der Waals surface area contributed by atoms with Gasteiger partial charge in [0.05, 0.1) is 6.10 Å². The van der Waals surface area contributed by atoms with Crippen LogP contribution in [0.25, 0.3) is 0 Å². The fourth-order valence-corrected chi connectivity index (χ4v) is 0.857. The van der Waals surface area contributed by atoms with Gasteiger partial charge in [0.25, 0.3) is 0 Å². The summed E-state index contributed by atoms with van der Waals surface area (Å²) in [5, 5.41) is 0.